The number of aryl methyl sites for hydroxylation is 2. The molecule has 0 heterocycles. The second-order valence-electron chi connectivity index (χ2n) is 7.98. The van der Waals surface area contributed by atoms with E-state index in [2.05, 4.69) is 15.4 Å². The predicted octanol–water partition coefficient (Wildman–Crippen LogP) is 6.08. The standard InChI is InChI=1S/C25H25Cl2N3O4S2/c1-16-5-11-22(17(2)14-16)30-36(32,33)20-9-7-19(8-10-20)28-25(35)29-24(31)4-3-13-34-23-12-6-18(26)15-21(23)27/h5-12,14-15,30H,3-4,13H2,1-2H3,(H2,28,29,31,35). The number of nitrogens with one attached hydrogen (secondary N) is 3. The van der Waals surface area contributed by atoms with Crippen LogP contribution in [0.4, 0.5) is 11.4 Å². The predicted molar refractivity (Wildman–Crippen MR) is 149 cm³/mol. The summed E-state index contributed by atoms with van der Waals surface area (Å²) in [6.45, 7) is 4.08. The van der Waals surface area contributed by atoms with E-state index in [0.717, 1.165) is 11.1 Å². The Balaban J connectivity index is 1.46. The number of amides is 1. The summed E-state index contributed by atoms with van der Waals surface area (Å²) in [5.41, 5.74) is 2.93. The van der Waals surface area contributed by atoms with Crippen LogP contribution in [0.25, 0.3) is 0 Å². The second-order valence-corrected chi connectivity index (χ2v) is 10.9. The van der Waals surface area contributed by atoms with Gasteiger partial charge in [-0.05, 0) is 86.6 Å². The first kappa shape index (κ1) is 27.7. The number of benzene rings is 3. The summed E-state index contributed by atoms with van der Waals surface area (Å²) in [7, 11) is -3.76. The largest absolute Gasteiger partial charge is 0.492 e. The van der Waals surface area contributed by atoms with Crippen molar-refractivity contribution in [1.82, 2.24) is 5.32 Å². The average molecular weight is 567 g/mol. The minimum absolute atomic E-state index is 0.101. The fourth-order valence-electron chi connectivity index (χ4n) is 3.21. The van der Waals surface area contributed by atoms with E-state index in [0.29, 0.717) is 40.2 Å². The van der Waals surface area contributed by atoms with E-state index in [9.17, 15) is 13.2 Å². The summed E-state index contributed by atoms with van der Waals surface area (Å²) >= 11 is 17.1. The molecular weight excluding hydrogens is 541 g/mol. The molecule has 36 heavy (non-hydrogen) atoms. The van der Waals surface area contributed by atoms with Gasteiger partial charge in [-0.25, -0.2) is 8.42 Å². The molecule has 0 aliphatic carbocycles. The molecule has 0 unspecified atom stereocenters. The van der Waals surface area contributed by atoms with E-state index in [4.69, 9.17) is 40.2 Å². The number of rotatable bonds is 9. The molecule has 0 saturated heterocycles. The van der Waals surface area contributed by atoms with Gasteiger partial charge in [-0.1, -0.05) is 40.9 Å². The van der Waals surface area contributed by atoms with Crippen LogP contribution in [0, 0.1) is 13.8 Å². The summed E-state index contributed by atoms with van der Waals surface area (Å²) in [5.74, 6) is 0.212. The number of hydrogen-bond acceptors (Lipinski definition) is 5. The molecule has 0 aliphatic heterocycles. The Kier molecular flexibility index (Phi) is 9.56. The average Bonchev–Trinajstić information content (AvgIpc) is 2.80. The van der Waals surface area contributed by atoms with Gasteiger partial charge in [-0.15, -0.1) is 0 Å². The number of carbonyl (C=O) groups is 1. The molecule has 190 valence electrons. The van der Waals surface area contributed by atoms with Crippen molar-refractivity contribution in [2.75, 3.05) is 16.6 Å². The van der Waals surface area contributed by atoms with E-state index in [1.54, 1.807) is 36.4 Å². The number of hydrogen-bond donors (Lipinski definition) is 3. The zero-order valence-electron chi connectivity index (χ0n) is 19.6. The van der Waals surface area contributed by atoms with Crippen molar-refractivity contribution < 1.29 is 17.9 Å². The Morgan fingerprint density at radius 1 is 1.00 bits per heavy atom. The molecular formula is C25H25Cl2N3O4S2. The fraction of sp³-hybridized carbons (Fsp3) is 0.200. The Morgan fingerprint density at radius 3 is 2.39 bits per heavy atom. The van der Waals surface area contributed by atoms with Crippen LogP contribution in [-0.2, 0) is 14.8 Å². The third-order valence-corrected chi connectivity index (χ3v) is 7.12. The lowest BCUT2D eigenvalue weighted by molar-refractivity contribution is -0.119. The van der Waals surface area contributed by atoms with Crippen LogP contribution in [0.2, 0.25) is 10.0 Å². The molecule has 3 aromatic carbocycles. The molecule has 7 nitrogen and oxygen atoms in total. The Bertz CT molecular complexity index is 1360. The van der Waals surface area contributed by atoms with Crippen LogP contribution in [0.5, 0.6) is 5.75 Å². The van der Waals surface area contributed by atoms with Gasteiger partial charge >= 0.3 is 0 Å². The topological polar surface area (TPSA) is 96.5 Å². The van der Waals surface area contributed by atoms with E-state index < -0.39 is 10.0 Å². The zero-order chi connectivity index (χ0) is 26.3. The highest BCUT2D eigenvalue weighted by atomic mass is 35.5. The number of thiocarbonyl (C=S) groups is 1. The molecule has 11 heteroatoms. The zero-order valence-corrected chi connectivity index (χ0v) is 22.7. The van der Waals surface area contributed by atoms with Gasteiger partial charge in [0.15, 0.2) is 5.11 Å². The minimum Gasteiger partial charge on any atom is -0.492 e. The highest BCUT2D eigenvalue weighted by molar-refractivity contribution is 7.92. The summed E-state index contributed by atoms with van der Waals surface area (Å²) in [6.07, 6.45) is 0.641. The maximum Gasteiger partial charge on any atom is 0.261 e. The highest BCUT2D eigenvalue weighted by Crippen LogP contribution is 2.27. The lowest BCUT2D eigenvalue weighted by Crippen LogP contribution is -2.34. The molecule has 3 aromatic rings. The van der Waals surface area contributed by atoms with Crippen LogP contribution < -0.4 is 20.1 Å². The van der Waals surface area contributed by atoms with Crippen LogP contribution in [-0.4, -0.2) is 26.0 Å². The van der Waals surface area contributed by atoms with Crippen molar-refractivity contribution in [2.24, 2.45) is 0 Å². The molecule has 0 spiro atoms. The summed E-state index contributed by atoms with van der Waals surface area (Å²) in [4.78, 5) is 12.2. The first-order valence-electron chi connectivity index (χ1n) is 10.9. The molecule has 0 aromatic heterocycles. The first-order valence-corrected chi connectivity index (χ1v) is 13.6. The number of halogens is 2. The van der Waals surface area contributed by atoms with Gasteiger partial charge in [-0.2, -0.15) is 0 Å². The first-order chi connectivity index (χ1) is 17.0. The van der Waals surface area contributed by atoms with Gasteiger partial charge in [-0.3, -0.25) is 9.52 Å². The van der Waals surface area contributed by atoms with Crippen molar-refractivity contribution in [1.29, 1.82) is 0 Å². The van der Waals surface area contributed by atoms with Crippen LogP contribution in [0.1, 0.15) is 24.0 Å². The lowest BCUT2D eigenvalue weighted by Gasteiger charge is -2.13. The van der Waals surface area contributed by atoms with Crippen molar-refractivity contribution in [2.45, 2.75) is 31.6 Å². The molecule has 0 aliphatic rings. The van der Waals surface area contributed by atoms with Gasteiger partial charge in [0.2, 0.25) is 5.91 Å². The van der Waals surface area contributed by atoms with E-state index >= 15 is 0 Å². The van der Waals surface area contributed by atoms with Gasteiger partial charge in [0, 0.05) is 17.1 Å². The third-order valence-electron chi connectivity index (χ3n) is 5.00. The number of sulfonamides is 1. The highest BCUT2D eigenvalue weighted by Gasteiger charge is 2.15. The van der Waals surface area contributed by atoms with E-state index in [1.807, 2.05) is 26.0 Å². The van der Waals surface area contributed by atoms with Crippen molar-refractivity contribution in [3.63, 3.8) is 0 Å². The molecule has 3 N–H and O–H groups in total. The third kappa shape index (κ3) is 8.09. The fourth-order valence-corrected chi connectivity index (χ4v) is 5.03. The molecule has 3 rings (SSSR count). The second kappa shape index (κ2) is 12.4. The summed E-state index contributed by atoms with van der Waals surface area (Å²) in [6, 6.07) is 16.4. The van der Waals surface area contributed by atoms with Crippen molar-refractivity contribution in [3.05, 3.63) is 81.8 Å². The maximum absolute atomic E-state index is 12.7. The SMILES string of the molecule is Cc1ccc(NS(=O)(=O)c2ccc(NC(=S)NC(=O)CCCOc3ccc(Cl)cc3Cl)cc2)c(C)c1. The monoisotopic (exact) mass is 565 g/mol. The molecule has 0 atom stereocenters. The molecule has 1 amide bonds. The van der Waals surface area contributed by atoms with Gasteiger partial charge in [0.1, 0.15) is 5.75 Å². The smallest absolute Gasteiger partial charge is 0.261 e. The van der Waals surface area contributed by atoms with Gasteiger partial charge in [0.25, 0.3) is 10.0 Å². The lowest BCUT2D eigenvalue weighted by atomic mass is 10.1. The van der Waals surface area contributed by atoms with Crippen molar-refractivity contribution >= 4 is 67.8 Å². The van der Waals surface area contributed by atoms with Crippen molar-refractivity contribution in [3.8, 4) is 5.75 Å². The molecule has 0 fully saturated rings. The molecule has 0 bridgehead atoms. The Morgan fingerprint density at radius 2 is 1.72 bits per heavy atom. The normalized spacial score (nSPS) is 11.0. The van der Waals surface area contributed by atoms with Crippen LogP contribution in [0.15, 0.2) is 65.6 Å². The molecule has 0 saturated carbocycles. The van der Waals surface area contributed by atoms with E-state index in [1.165, 1.54) is 12.1 Å². The minimum atomic E-state index is -3.76. The summed E-state index contributed by atoms with van der Waals surface area (Å²) < 4.78 is 33.6. The van der Waals surface area contributed by atoms with Gasteiger partial charge in [0.05, 0.1) is 22.2 Å². The number of carbonyl (C=O) groups excluding carboxylic acids is 1. The number of ether oxygens (including phenoxy) is 1. The van der Waals surface area contributed by atoms with E-state index in [-0.39, 0.29) is 22.3 Å². The quantitative estimate of drug-likeness (QED) is 0.215. The maximum atomic E-state index is 12.7. The Labute approximate surface area is 226 Å². The van der Waals surface area contributed by atoms with Crippen LogP contribution in [0.3, 0.4) is 0 Å². The summed E-state index contributed by atoms with van der Waals surface area (Å²) in [5, 5.41) is 6.47. The van der Waals surface area contributed by atoms with Gasteiger partial charge < -0.3 is 15.4 Å². The van der Waals surface area contributed by atoms with Crippen LogP contribution >= 0.6 is 35.4 Å². The number of anilines is 2. The molecule has 0 radical (unpaired) electrons. The Hall–Kier alpha value is -2.85.